The minimum absolute atomic E-state index is 0.0140. The van der Waals surface area contributed by atoms with Crippen molar-refractivity contribution in [1.29, 1.82) is 0 Å². The Hall–Kier alpha value is -3.96. The number of carbonyl (C=O) groups is 5. The molecule has 0 radical (unpaired) electrons. The van der Waals surface area contributed by atoms with Crippen LogP contribution in [0.5, 0.6) is 11.6 Å². The van der Waals surface area contributed by atoms with Crippen LogP contribution in [0.1, 0.15) is 22.3 Å². The van der Waals surface area contributed by atoms with E-state index in [2.05, 4.69) is 4.98 Å². The summed E-state index contributed by atoms with van der Waals surface area (Å²) in [6.07, 6.45) is 1.72. The normalized spacial score (nSPS) is 30.5. The molecule has 2 fully saturated rings. The molecule has 2 saturated carbocycles. The van der Waals surface area contributed by atoms with Crippen LogP contribution in [0.15, 0.2) is 30.5 Å². The van der Waals surface area contributed by atoms with Crippen molar-refractivity contribution in [3.63, 3.8) is 0 Å². The molecule has 0 bridgehead atoms. The third-order valence-electron chi connectivity index (χ3n) is 8.20. The molecule has 2 aromatic rings. The average molecular weight is 522 g/mol. The van der Waals surface area contributed by atoms with Crippen LogP contribution in [0.2, 0.25) is 0 Å². The van der Waals surface area contributed by atoms with E-state index in [4.69, 9.17) is 10.5 Å². The van der Waals surface area contributed by atoms with Gasteiger partial charge in [-0.05, 0) is 56.1 Å². The van der Waals surface area contributed by atoms with Crippen molar-refractivity contribution >= 4 is 29.0 Å². The van der Waals surface area contributed by atoms with Crippen molar-refractivity contribution < 1.29 is 38.9 Å². The highest BCUT2D eigenvalue weighted by Gasteiger charge is 2.69. The van der Waals surface area contributed by atoms with Gasteiger partial charge < -0.3 is 20.7 Å². The molecule has 5 rings (SSSR count). The molecule has 3 aliphatic carbocycles. The number of Topliss-reactive ketones (excluding diaryl/α,β-unsaturated/α-hetero) is 4. The number of phenolic OH excluding ortho intramolecular Hbond substituents is 1. The van der Waals surface area contributed by atoms with Crippen LogP contribution in [-0.2, 0) is 25.6 Å². The lowest BCUT2D eigenvalue weighted by molar-refractivity contribution is -0.181. The third-order valence-corrected chi connectivity index (χ3v) is 8.20. The lowest BCUT2D eigenvalue weighted by Crippen LogP contribution is -2.74. The number of aliphatic hydroxyl groups is 1. The molecule has 198 valence electrons. The molecule has 38 heavy (non-hydrogen) atoms. The fourth-order valence-corrected chi connectivity index (χ4v) is 6.54. The Kier molecular flexibility index (Phi) is 5.96. The number of ketones is 4. The first-order valence-corrected chi connectivity index (χ1v) is 12.1. The molecular weight excluding hydrogens is 494 g/mol. The van der Waals surface area contributed by atoms with Gasteiger partial charge in [-0.1, -0.05) is 6.07 Å². The van der Waals surface area contributed by atoms with Crippen molar-refractivity contribution in [1.82, 2.24) is 9.88 Å². The maximum Gasteiger partial charge on any atom is 0.235 e. The lowest BCUT2D eigenvalue weighted by atomic mass is 9.52. The first-order chi connectivity index (χ1) is 17.9. The van der Waals surface area contributed by atoms with Crippen molar-refractivity contribution in [3.05, 3.63) is 41.6 Å². The average Bonchev–Trinajstić information content (AvgIpc) is 2.86. The first kappa shape index (κ1) is 25.7. The third kappa shape index (κ3) is 3.42. The predicted molar refractivity (Wildman–Crippen MR) is 131 cm³/mol. The zero-order valence-electron chi connectivity index (χ0n) is 21.0. The van der Waals surface area contributed by atoms with Gasteiger partial charge in [-0.3, -0.25) is 28.9 Å². The molecule has 11 nitrogen and oxygen atoms in total. The molecule has 0 aliphatic heterocycles. The number of benzene rings is 1. The summed E-state index contributed by atoms with van der Waals surface area (Å²) < 4.78 is 5.11. The zero-order chi connectivity index (χ0) is 27.7. The van der Waals surface area contributed by atoms with Gasteiger partial charge in [0.15, 0.2) is 34.7 Å². The summed E-state index contributed by atoms with van der Waals surface area (Å²) in [7, 11) is 4.57. The number of aromatic nitrogens is 1. The summed E-state index contributed by atoms with van der Waals surface area (Å²) in [5.74, 6) is -10.3. The van der Waals surface area contributed by atoms with Gasteiger partial charge in [-0.15, -0.1) is 0 Å². The number of fused-ring (bicyclic) bond motifs is 3. The van der Waals surface area contributed by atoms with E-state index in [9.17, 15) is 34.2 Å². The number of hydrogen-bond donors (Lipinski definition) is 3. The van der Waals surface area contributed by atoms with E-state index >= 15 is 0 Å². The number of carbonyl (C=O) groups excluding carboxylic acids is 5. The quantitative estimate of drug-likeness (QED) is 0.462. The van der Waals surface area contributed by atoms with Crippen LogP contribution in [0.25, 0.3) is 11.1 Å². The fraction of sp³-hybridized carbons (Fsp3) is 0.407. The highest BCUT2D eigenvalue weighted by atomic mass is 16.5. The van der Waals surface area contributed by atoms with Crippen LogP contribution in [0.3, 0.4) is 0 Å². The standard InChI is InChI=1S/C27H27N3O8/c1-30(2)21-15-9-12-8-14-13(11-4-7-17(38-3)29-10-11)5-6-16(31)19(14)22(32)18(12)24(34)27(15,37)25(35)20(23(21)33)26(28)36/h4-7,10,12,15,18,20-21,31,37H,8-9H2,1-3H3,(H2,28,36). The van der Waals surface area contributed by atoms with Crippen LogP contribution >= 0.6 is 0 Å². The number of rotatable bonds is 4. The molecule has 1 aromatic carbocycles. The molecule has 11 heteroatoms. The Morgan fingerprint density at radius 3 is 2.42 bits per heavy atom. The number of amides is 1. The van der Waals surface area contributed by atoms with Gasteiger partial charge in [0.1, 0.15) is 5.75 Å². The molecule has 3 aliphatic rings. The largest absolute Gasteiger partial charge is 0.507 e. The number of hydrogen-bond acceptors (Lipinski definition) is 10. The van der Waals surface area contributed by atoms with Crippen LogP contribution in [0, 0.1) is 23.7 Å². The van der Waals surface area contributed by atoms with Crippen molar-refractivity contribution in [3.8, 4) is 22.8 Å². The predicted octanol–water partition coefficient (Wildman–Crippen LogP) is -0.0624. The van der Waals surface area contributed by atoms with Crippen molar-refractivity contribution in [2.45, 2.75) is 24.5 Å². The highest BCUT2D eigenvalue weighted by molar-refractivity contribution is 6.32. The molecule has 0 saturated heterocycles. The second-order valence-electron chi connectivity index (χ2n) is 10.4. The van der Waals surface area contributed by atoms with E-state index in [1.165, 1.54) is 18.1 Å². The maximum atomic E-state index is 13.8. The summed E-state index contributed by atoms with van der Waals surface area (Å²) in [5, 5.41) is 22.3. The van der Waals surface area contributed by atoms with Gasteiger partial charge in [-0.2, -0.15) is 0 Å². The van der Waals surface area contributed by atoms with Crippen LogP contribution in [-0.4, -0.2) is 82.0 Å². The molecule has 6 unspecified atom stereocenters. The number of methoxy groups -OCH3 is 1. The highest BCUT2D eigenvalue weighted by Crippen LogP contribution is 2.51. The molecule has 1 aromatic heterocycles. The van der Waals surface area contributed by atoms with Gasteiger partial charge in [0.2, 0.25) is 11.8 Å². The van der Waals surface area contributed by atoms with Crippen LogP contribution in [0.4, 0.5) is 0 Å². The van der Waals surface area contributed by atoms with E-state index in [1.54, 1.807) is 38.5 Å². The van der Waals surface area contributed by atoms with Crippen LogP contribution < -0.4 is 10.5 Å². The molecule has 6 atom stereocenters. The SMILES string of the molecule is COc1ccc(-c2ccc(O)c3c2CC2CC4C(N(C)C)C(=O)C(C(N)=O)C(=O)C4(O)C(=O)C2C3=O)cn1. The molecule has 0 spiro atoms. The minimum atomic E-state index is -2.75. The van der Waals surface area contributed by atoms with E-state index < -0.39 is 64.4 Å². The monoisotopic (exact) mass is 521 g/mol. The minimum Gasteiger partial charge on any atom is -0.507 e. The van der Waals surface area contributed by atoms with Gasteiger partial charge >= 0.3 is 0 Å². The summed E-state index contributed by atoms with van der Waals surface area (Å²) in [6.45, 7) is 0. The van der Waals surface area contributed by atoms with Gasteiger partial charge in [0, 0.05) is 23.7 Å². The smallest absolute Gasteiger partial charge is 0.235 e. The van der Waals surface area contributed by atoms with Crippen molar-refractivity contribution in [2.24, 2.45) is 29.4 Å². The van der Waals surface area contributed by atoms with E-state index in [-0.39, 0.29) is 24.2 Å². The number of ether oxygens (including phenoxy) is 1. The Morgan fingerprint density at radius 2 is 1.84 bits per heavy atom. The topological polar surface area (TPSA) is 177 Å². The van der Waals surface area contributed by atoms with E-state index in [0.29, 0.717) is 22.6 Å². The number of phenols is 1. The molecule has 4 N–H and O–H groups in total. The van der Waals surface area contributed by atoms with Crippen molar-refractivity contribution in [2.75, 3.05) is 21.2 Å². The van der Waals surface area contributed by atoms with Gasteiger partial charge in [0.25, 0.3) is 0 Å². The van der Waals surface area contributed by atoms with E-state index in [0.717, 1.165) is 0 Å². The maximum absolute atomic E-state index is 13.8. The number of nitrogens with zero attached hydrogens (tertiary/aromatic N) is 2. The number of aromatic hydroxyl groups is 1. The zero-order valence-corrected chi connectivity index (χ0v) is 21.0. The molecule has 1 amide bonds. The Labute approximate surface area is 217 Å². The Morgan fingerprint density at radius 1 is 1.13 bits per heavy atom. The summed E-state index contributed by atoms with van der Waals surface area (Å²) in [5.41, 5.74) is 4.31. The lowest BCUT2D eigenvalue weighted by Gasteiger charge is -2.52. The summed E-state index contributed by atoms with van der Waals surface area (Å²) in [6, 6.07) is 5.26. The first-order valence-electron chi connectivity index (χ1n) is 12.1. The molecular formula is C27H27N3O8. The van der Waals surface area contributed by atoms with E-state index in [1.807, 2.05) is 0 Å². The van der Waals surface area contributed by atoms with Gasteiger partial charge in [-0.25, -0.2) is 4.98 Å². The number of pyridine rings is 1. The summed E-state index contributed by atoms with van der Waals surface area (Å²) in [4.78, 5) is 71.8. The number of primary amides is 1. The second-order valence-corrected chi connectivity index (χ2v) is 10.4. The number of likely N-dealkylation sites (N-methyl/N-ethyl adjacent to an activating group) is 1. The Balaban J connectivity index is 1.64. The number of nitrogens with two attached hydrogens (primary N) is 1. The summed E-state index contributed by atoms with van der Waals surface area (Å²) >= 11 is 0. The fourth-order valence-electron chi connectivity index (χ4n) is 6.54. The Bertz CT molecular complexity index is 1400. The van der Waals surface area contributed by atoms with Gasteiger partial charge in [0.05, 0.1) is 24.6 Å². The second kappa shape index (κ2) is 8.81. The molecule has 1 heterocycles.